The van der Waals surface area contributed by atoms with Gasteiger partial charge in [0.25, 0.3) is 0 Å². The summed E-state index contributed by atoms with van der Waals surface area (Å²) in [6.45, 7) is 6.51. The quantitative estimate of drug-likeness (QED) is 0.601. The lowest BCUT2D eigenvalue weighted by molar-refractivity contribution is -0.139. The summed E-state index contributed by atoms with van der Waals surface area (Å²) in [4.78, 5) is 33.0. The van der Waals surface area contributed by atoms with Gasteiger partial charge < -0.3 is 19.3 Å². The number of aromatic nitrogens is 3. The van der Waals surface area contributed by atoms with Crippen molar-refractivity contribution in [2.45, 2.75) is 39.5 Å². The molecule has 9 nitrogen and oxygen atoms in total. The van der Waals surface area contributed by atoms with Gasteiger partial charge in [-0.1, -0.05) is 26.0 Å². The predicted molar refractivity (Wildman–Crippen MR) is 114 cm³/mol. The van der Waals surface area contributed by atoms with Gasteiger partial charge >= 0.3 is 0 Å². The van der Waals surface area contributed by atoms with Gasteiger partial charge in [0.05, 0.1) is 32.9 Å². The van der Waals surface area contributed by atoms with Crippen LogP contribution in [0.1, 0.15) is 25.8 Å². The first-order valence-electron chi connectivity index (χ1n) is 10.6. The fourth-order valence-electron chi connectivity index (χ4n) is 3.58. The number of ether oxygens (including phenoxy) is 2. The van der Waals surface area contributed by atoms with Crippen molar-refractivity contribution in [2.75, 3.05) is 33.3 Å². The highest BCUT2D eigenvalue weighted by atomic mass is 16.5. The molecule has 0 spiro atoms. The molecule has 1 atom stereocenters. The van der Waals surface area contributed by atoms with Crippen molar-refractivity contribution >= 4 is 11.8 Å². The van der Waals surface area contributed by atoms with Crippen LogP contribution in [0.3, 0.4) is 0 Å². The molecular formula is C22H31N5O4. The normalized spacial score (nSPS) is 17.2. The standard InChI is InChI=1S/C22H31N5O4/c1-17(2)10-25-11-20(31-14-18-5-4-6-19(9-18)30-3)12-26(13-22(25)29)21(28)7-8-27-16-23-15-24-27/h4-6,9,15-17,20H,7-8,10-14H2,1-3H3/t20-/m1/s1. The lowest BCUT2D eigenvalue weighted by Gasteiger charge is -2.26. The van der Waals surface area contributed by atoms with Crippen LogP contribution in [0, 0.1) is 5.92 Å². The molecule has 0 aliphatic carbocycles. The van der Waals surface area contributed by atoms with Gasteiger partial charge in [0, 0.05) is 26.1 Å². The van der Waals surface area contributed by atoms with Crippen LogP contribution >= 0.6 is 0 Å². The average molecular weight is 430 g/mol. The Morgan fingerprint density at radius 3 is 2.84 bits per heavy atom. The van der Waals surface area contributed by atoms with Crippen LogP contribution in [0.25, 0.3) is 0 Å². The van der Waals surface area contributed by atoms with Gasteiger partial charge in [-0.2, -0.15) is 5.10 Å². The molecule has 0 unspecified atom stereocenters. The van der Waals surface area contributed by atoms with E-state index in [4.69, 9.17) is 9.47 Å². The van der Waals surface area contributed by atoms with Gasteiger partial charge in [-0.15, -0.1) is 0 Å². The van der Waals surface area contributed by atoms with Crippen LogP contribution in [0.4, 0.5) is 0 Å². The van der Waals surface area contributed by atoms with E-state index in [2.05, 4.69) is 23.9 Å². The van der Waals surface area contributed by atoms with Gasteiger partial charge in [0.15, 0.2) is 0 Å². The van der Waals surface area contributed by atoms with Crippen molar-refractivity contribution in [2.24, 2.45) is 5.92 Å². The van der Waals surface area contributed by atoms with Crippen molar-refractivity contribution in [3.63, 3.8) is 0 Å². The fraction of sp³-hybridized carbons (Fsp3) is 0.545. The highest BCUT2D eigenvalue weighted by Gasteiger charge is 2.31. The number of benzene rings is 1. The Labute approximate surface area is 182 Å². The number of rotatable bonds is 9. The third-order valence-corrected chi connectivity index (χ3v) is 5.11. The van der Waals surface area contributed by atoms with Gasteiger partial charge in [-0.25, -0.2) is 4.98 Å². The van der Waals surface area contributed by atoms with E-state index in [9.17, 15) is 9.59 Å². The number of methoxy groups -OCH3 is 1. The van der Waals surface area contributed by atoms with Crippen LogP contribution in [0.15, 0.2) is 36.9 Å². The molecule has 2 aromatic rings. The Morgan fingerprint density at radius 2 is 2.13 bits per heavy atom. The fourth-order valence-corrected chi connectivity index (χ4v) is 3.58. The van der Waals surface area contributed by atoms with Crippen molar-refractivity contribution in [3.8, 4) is 5.75 Å². The molecule has 1 aromatic heterocycles. The molecule has 168 valence electrons. The molecule has 0 saturated carbocycles. The van der Waals surface area contributed by atoms with E-state index in [1.165, 1.54) is 6.33 Å². The maximum Gasteiger partial charge on any atom is 0.242 e. The first-order chi connectivity index (χ1) is 14.9. The van der Waals surface area contributed by atoms with Crippen LogP contribution in [-0.2, 0) is 27.5 Å². The second-order valence-electron chi connectivity index (χ2n) is 8.16. The second-order valence-corrected chi connectivity index (χ2v) is 8.16. The maximum atomic E-state index is 12.8. The number of carbonyl (C=O) groups is 2. The minimum absolute atomic E-state index is 0.0460. The van der Waals surface area contributed by atoms with E-state index < -0.39 is 0 Å². The monoisotopic (exact) mass is 429 g/mol. The highest BCUT2D eigenvalue weighted by molar-refractivity contribution is 5.85. The Bertz CT molecular complexity index is 855. The number of hydrogen-bond acceptors (Lipinski definition) is 6. The Kier molecular flexibility index (Phi) is 8.00. The number of aryl methyl sites for hydroxylation is 1. The SMILES string of the molecule is COc1cccc(CO[C@H]2CN(C(=O)CCn3cncn3)CC(=O)N(CC(C)C)C2)c1. The molecule has 0 radical (unpaired) electrons. The maximum absolute atomic E-state index is 12.8. The minimum atomic E-state index is -0.272. The Hall–Kier alpha value is -2.94. The largest absolute Gasteiger partial charge is 0.497 e. The Balaban J connectivity index is 1.67. The summed E-state index contributed by atoms with van der Waals surface area (Å²) in [5.74, 6) is 0.960. The number of amides is 2. The van der Waals surface area contributed by atoms with Crippen LogP contribution in [0.2, 0.25) is 0 Å². The third kappa shape index (κ3) is 6.78. The number of carbonyl (C=O) groups excluding carboxylic acids is 2. The average Bonchev–Trinajstić information content (AvgIpc) is 3.22. The van der Waals surface area contributed by atoms with Crippen LogP contribution in [0.5, 0.6) is 5.75 Å². The van der Waals surface area contributed by atoms with Crippen molar-refractivity contribution in [3.05, 3.63) is 42.5 Å². The smallest absolute Gasteiger partial charge is 0.242 e. The Morgan fingerprint density at radius 1 is 1.29 bits per heavy atom. The zero-order valence-electron chi connectivity index (χ0n) is 18.4. The van der Waals surface area contributed by atoms with Crippen molar-refractivity contribution < 1.29 is 19.1 Å². The lowest BCUT2D eigenvalue weighted by atomic mass is 10.2. The zero-order valence-corrected chi connectivity index (χ0v) is 18.4. The van der Waals surface area contributed by atoms with E-state index in [0.717, 1.165) is 11.3 Å². The van der Waals surface area contributed by atoms with Gasteiger partial charge in [-0.05, 0) is 23.6 Å². The summed E-state index contributed by atoms with van der Waals surface area (Å²) in [5, 5.41) is 4.03. The third-order valence-electron chi connectivity index (χ3n) is 5.11. The van der Waals surface area contributed by atoms with E-state index in [1.807, 2.05) is 29.2 Å². The molecule has 1 aliphatic heterocycles. The van der Waals surface area contributed by atoms with Crippen molar-refractivity contribution in [1.82, 2.24) is 24.6 Å². The molecule has 31 heavy (non-hydrogen) atoms. The van der Waals surface area contributed by atoms with E-state index in [1.54, 1.807) is 23.0 Å². The molecule has 0 bridgehead atoms. The molecule has 2 amide bonds. The van der Waals surface area contributed by atoms with Crippen molar-refractivity contribution in [1.29, 1.82) is 0 Å². The van der Waals surface area contributed by atoms with Gasteiger partial charge in [-0.3, -0.25) is 14.3 Å². The summed E-state index contributed by atoms with van der Waals surface area (Å²) in [7, 11) is 1.63. The molecule has 1 aromatic carbocycles. The molecule has 1 fully saturated rings. The van der Waals surface area contributed by atoms with E-state index in [-0.39, 0.29) is 30.9 Å². The highest BCUT2D eigenvalue weighted by Crippen LogP contribution is 2.17. The molecule has 1 aliphatic rings. The summed E-state index contributed by atoms with van der Waals surface area (Å²) in [5.41, 5.74) is 0.981. The van der Waals surface area contributed by atoms with Gasteiger partial charge in [0.1, 0.15) is 18.4 Å². The lowest BCUT2D eigenvalue weighted by Crippen LogP contribution is -2.40. The first kappa shape index (κ1) is 22.7. The number of hydrogen-bond donors (Lipinski definition) is 0. The molecule has 3 rings (SSSR count). The zero-order chi connectivity index (χ0) is 22.2. The molecule has 0 N–H and O–H groups in total. The van der Waals surface area contributed by atoms with Crippen LogP contribution in [-0.4, -0.2) is 75.8 Å². The summed E-state index contributed by atoms with van der Waals surface area (Å²) in [6.07, 6.45) is 2.99. The first-order valence-corrected chi connectivity index (χ1v) is 10.6. The molecule has 2 heterocycles. The van der Waals surface area contributed by atoms with Gasteiger partial charge in [0.2, 0.25) is 11.8 Å². The van der Waals surface area contributed by atoms with Crippen LogP contribution < -0.4 is 4.74 Å². The molecule has 1 saturated heterocycles. The number of nitrogens with zero attached hydrogens (tertiary/aromatic N) is 5. The van der Waals surface area contributed by atoms with E-state index >= 15 is 0 Å². The predicted octanol–water partition coefficient (Wildman–Crippen LogP) is 1.59. The molecular weight excluding hydrogens is 398 g/mol. The van der Waals surface area contributed by atoms with E-state index in [0.29, 0.717) is 38.7 Å². The summed E-state index contributed by atoms with van der Waals surface area (Å²) < 4.78 is 13.1. The molecule has 9 heteroatoms. The topological polar surface area (TPSA) is 89.8 Å². The summed E-state index contributed by atoms with van der Waals surface area (Å²) >= 11 is 0. The summed E-state index contributed by atoms with van der Waals surface area (Å²) in [6, 6.07) is 7.69. The second kappa shape index (κ2) is 10.9. The minimum Gasteiger partial charge on any atom is -0.497 e.